The van der Waals surface area contributed by atoms with Crippen molar-refractivity contribution in [1.29, 1.82) is 0 Å². The van der Waals surface area contributed by atoms with Gasteiger partial charge in [0.2, 0.25) is 0 Å². The van der Waals surface area contributed by atoms with Gasteiger partial charge >= 0.3 is 0 Å². The molecule has 1 aliphatic carbocycles. The lowest BCUT2D eigenvalue weighted by Gasteiger charge is -2.22. The van der Waals surface area contributed by atoms with E-state index in [9.17, 15) is 5.11 Å². The summed E-state index contributed by atoms with van der Waals surface area (Å²) in [5, 5.41) is 10.0. The second kappa shape index (κ2) is 4.89. The van der Waals surface area contributed by atoms with Gasteiger partial charge in [0.15, 0.2) is 0 Å². The van der Waals surface area contributed by atoms with Crippen LogP contribution in [0, 0.1) is 5.92 Å². The van der Waals surface area contributed by atoms with Gasteiger partial charge < -0.3 is 5.11 Å². The summed E-state index contributed by atoms with van der Waals surface area (Å²) in [5.41, 5.74) is 1.10. The van der Waals surface area contributed by atoms with Crippen molar-refractivity contribution < 1.29 is 5.11 Å². The predicted molar refractivity (Wildman–Crippen MR) is 63.4 cm³/mol. The quantitative estimate of drug-likeness (QED) is 0.800. The van der Waals surface area contributed by atoms with Crippen molar-refractivity contribution in [2.24, 2.45) is 5.92 Å². The monoisotopic (exact) mass is 224 g/mol. The Kier molecular flexibility index (Phi) is 3.53. The minimum atomic E-state index is 0.213. The van der Waals surface area contributed by atoms with Gasteiger partial charge in [0.25, 0.3) is 0 Å². The lowest BCUT2D eigenvalue weighted by atomic mass is 9.85. The van der Waals surface area contributed by atoms with Crippen LogP contribution in [0.5, 0.6) is 5.75 Å². The number of phenolic OH excluding ortho intramolecular Hbond substituents is 1. The van der Waals surface area contributed by atoms with Crippen LogP contribution in [0.15, 0.2) is 18.2 Å². The van der Waals surface area contributed by atoms with Crippen LogP contribution in [0.25, 0.3) is 0 Å². The highest BCUT2D eigenvalue weighted by Crippen LogP contribution is 2.32. The molecule has 1 saturated carbocycles. The zero-order valence-corrected chi connectivity index (χ0v) is 9.63. The van der Waals surface area contributed by atoms with E-state index in [0.717, 1.165) is 17.9 Å². The normalized spacial score (nSPS) is 17.9. The van der Waals surface area contributed by atoms with Crippen molar-refractivity contribution in [3.63, 3.8) is 0 Å². The Morgan fingerprint density at radius 2 is 1.93 bits per heavy atom. The van der Waals surface area contributed by atoms with Crippen LogP contribution < -0.4 is 0 Å². The number of phenols is 1. The molecule has 0 radical (unpaired) electrons. The van der Waals surface area contributed by atoms with Gasteiger partial charge in [-0.05, 0) is 24.0 Å². The summed E-state index contributed by atoms with van der Waals surface area (Å²) in [7, 11) is 0. The zero-order valence-electron chi connectivity index (χ0n) is 8.88. The molecule has 2 heteroatoms. The highest BCUT2D eigenvalue weighted by molar-refractivity contribution is 6.32. The van der Waals surface area contributed by atoms with Crippen molar-refractivity contribution in [2.45, 2.75) is 38.5 Å². The van der Waals surface area contributed by atoms with E-state index in [-0.39, 0.29) is 5.75 Å². The first-order chi connectivity index (χ1) is 7.27. The maximum atomic E-state index is 9.50. The van der Waals surface area contributed by atoms with Crippen molar-refractivity contribution in [1.82, 2.24) is 0 Å². The molecule has 0 saturated heterocycles. The number of rotatable bonds is 2. The third kappa shape index (κ3) is 2.66. The molecule has 1 nitrogen and oxygen atoms in total. The fraction of sp³-hybridized carbons (Fsp3) is 0.538. The molecule has 1 aromatic rings. The second-order valence-corrected chi connectivity index (χ2v) is 4.84. The van der Waals surface area contributed by atoms with Crippen molar-refractivity contribution >= 4 is 11.6 Å². The van der Waals surface area contributed by atoms with E-state index in [4.69, 9.17) is 11.6 Å². The number of hydrogen-bond donors (Lipinski definition) is 1. The second-order valence-electron chi connectivity index (χ2n) is 4.46. The molecule has 0 unspecified atom stereocenters. The standard InChI is InChI=1S/C13H17ClO/c14-13-11(7-4-8-12(13)15)9-10-5-2-1-3-6-10/h4,7-8,10,15H,1-3,5-6,9H2. The minimum absolute atomic E-state index is 0.213. The number of aromatic hydroxyl groups is 1. The molecule has 2 rings (SSSR count). The molecule has 1 fully saturated rings. The van der Waals surface area contributed by atoms with Crippen molar-refractivity contribution in [2.75, 3.05) is 0 Å². The predicted octanol–water partition coefficient (Wildman–Crippen LogP) is 4.17. The lowest BCUT2D eigenvalue weighted by molar-refractivity contribution is 0.356. The molecule has 0 aromatic heterocycles. The summed E-state index contributed by atoms with van der Waals surface area (Å²) in [6.07, 6.45) is 7.72. The smallest absolute Gasteiger partial charge is 0.134 e. The summed E-state index contributed by atoms with van der Waals surface area (Å²) in [5.74, 6) is 0.975. The molecular weight excluding hydrogens is 208 g/mol. The summed E-state index contributed by atoms with van der Waals surface area (Å²) >= 11 is 6.06. The first kappa shape index (κ1) is 10.8. The average Bonchev–Trinajstić information content (AvgIpc) is 2.26. The first-order valence-corrected chi connectivity index (χ1v) is 6.11. The molecule has 0 aliphatic heterocycles. The third-order valence-corrected chi connectivity index (χ3v) is 3.73. The van der Waals surface area contributed by atoms with Gasteiger partial charge in [-0.2, -0.15) is 0 Å². The van der Waals surface area contributed by atoms with E-state index in [1.807, 2.05) is 12.1 Å². The van der Waals surface area contributed by atoms with E-state index < -0.39 is 0 Å². The van der Waals surface area contributed by atoms with Gasteiger partial charge in [0, 0.05) is 0 Å². The molecule has 1 aromatic carbocycles. The third-order valence-electron chi connectivity index (χ3n) is 3.29. The van der Waals surface area contributed by atoms with Gasteiger partial charge in [-0.15, -0.1) is 0 Å². The Morgan fingerprint density at radius 3 is 2.67 bits per heavy atom. The highest BCUT2D eigenvalue weighted by atomic mass is 35.5. The molecule has 0 heterocycles. The van der Waals surface area contributed by atoms with Gasteiger partial charge in [0.05, 0.1) is 5.02 Å². The van der Waals surface area contributed by atoms with Gasteiger partial charge in [-0.3, -0.25) is 0 Å². The van der Waals surface area contributed by atoms with Crippen LogP contribution in [-0.4, -0.2) is 5.11 Å². The van der Waals surface area contributed by atoms with Crippen LogP contribution in [-0.2, 0) is 6.42 Å². The van der Waals surface area contributed by atoms with Gasteiger partial charge in [-0.25, -0.2) is 0 Å². The summed E-state index contributed by atoms with van der Waals surface area (Å²) < 4.78 is 0. The summed E-state index contributed by atoms with van der Waals surface area (Å²) in [4.78, 5) is 0. The Hall–Kier alpha value is -0.690. The molecular formula is C13H17ClO. The van der Waals surface area contributed by atoms with Gasteiger partial charge in [0.1, 0.15) is 5.75 Å². The Morgan fingerprint density at radius 1 is 1.20 bits per heavy atom. The first-order valence-electron chi connectivity index (χ1n) is 5.73. The summed E-state index contributed by atoms with van der Waals surface area (Å²) in [6.45, 7) is 0. The molecule has 1 N–H and O–H groups in total. The maximum absolute atomic E-state index is 9.50. The van der Waals surface area contributed by atoms with Crippen LogP contribution in [0.4, 0.5) is 0 Å². The van der Waals surface area contributed by atoms with E-state index in [0.29, 0.717) is 5.02 Å². The molecule has 0 atom stereocenters. The van der Waals surface area contributed by atoms with Crippen LogP contribution in [0.3, 0.4) is 0 Å². The Balaban J connectivity index is 2.06. The number of hydrogen-bond acceptors (Lipinski definition) is 1. The fourth-order valence-electron chi connectivity index (χ4n) is 2.43. The molecule has 0 spiro atoms. The van der Waals surface area contributed by atoms with E-state index in [2.05, 4.69) is 0 Å². The largest absolute Gasteiger partial charge is 0.506 e. The molecule has 0 amide bonds. The Bertz CT molecular complexity index is 329. The van der Waals surface area contributed by atoms with E-state index >= 15 is 0 Å². The molecule has 1 aliphatic rings. The van der Waals surface area contributed by atoms with E-state index in [1.165, 1.54) is 32.1 Å². The summed E-state index contributed by atoms with van der Waals surface area (Å²) in [6, 6.07) is 5.54. The van der Waals surface area contributed by atoms with Crippen LogP contribution in [0.1, 0.15) is 37.7 Å². The van der Waals surface area contributed by atoms with Crippen molar-refractivity contribution in [3.05, 3.63) is 28.8 Å². The molecule has 82 valence electrons. The highest BCUT2D eigenvalue weighted by Gasteiger charge is 2.16. The zero-order chi connectivity index (χ0) is 10.7. The van der Waals surface area contributed by atoms with Crippen LogP contribution >= 0.6 is 11.6 Å². The molecule has 0 bridgehead atoms. The number of halogens is 1. The minimum Gasteiger partial charge on any atom is -0.506 e. The Labute approximate surface area is 96.1 Å². The molecule has 15 heavy (non-hydrogen) atoms. The number of benzene rings is 1. The average molecular weight is 225 g/mol. The van der Waals surface area contributed by atoms with E-state index in [1.54, 1.807) is 6.07 Å². The topological polar surface area (TPSA) is 20.2 Å². The SMILES string of the molecule is Oc1cccc(CC2CCCCC2)c1Cl. The fourth-order valence-corrected chi connectivity index (χ4v) is 2.63. The van der Waals surface area contributed by atoms with Crippen molar-refractivity contribution in [3.8, 4) is 5.75 Å². The van der Waals surface area contributed by atoms with Gasteiger partial charge in [-0.1, -0.05) is 55.8 Å². The maximum Gasteiger partial charge on any atom is 0.134 e. The lowest BCUT2D eigenvalue weighted by Crippen LogP contribution is -2.09. The van der Waals surface area contributed by atoms with Crippen LogP contribution in [0.2, 0.25) is 5.02 Å².